The van der Waals surface area contributed by atoms with Crippen molar-refractivity contribution in [3.05, 3.63) is 76.5 Å². The van der Waals surface area contributed by atoms with Crippen LogP contribution in [0.25, 0.3) is 17.9 Å². The molecular weight excluding hydrogens is 385 g/mol. The third-order valence-electron chi connectivity index (χ3n) is 3.97. The first-order valence-electron chi connectivity index (χ1n) is 8.22. The number of hydrogen-bond acceptors (Lipinski definition) is 4. The summed E-state index contributed by atoms with van der Waals surface area (Å²) in [5.74, 6) is 0.223. The minimum Gasteiger partial charge on any atom is -0.668 e. The molecule has 0 aliphatic rings. The van der Waals surface area contributed by atoms with Gasteiger partial charge < -0.3 is 26.8 Å². The number of nitrogens with one attached hydrogen (secondary N) is 3. The van der Waals surface area contributed by atoms with Crippen LogP contribution in [-0.4, -0.2) is 28.7 Å². The van der Waals surface area contributed by atoms with Crippen LogP contribution >= 0.6 is 0 Å². The Balaban J connectivity index is 0.00000364. The molecule has 0 amide bonds. The van der Waals surface area contributed by atoms with Gasteiger partial charge in [-0.25, -0.2) is 0 Å². The fourth-order valence-electron chi connectivity index (χ4n) is 2.61. The fourth-order valence-corrected chi connectivity index (χ4v) is 2.61. The van der Waals surface area contributed by atoms with Crippen molar-refractivity contribution in [1.29, 1.82) is 10.8 Å². The Bertz CT molecular complexity index is 777. The predicted octanol–water partition coefficient (Wildman–Crippen LogP) is 5.06. The standard InChI is InChI=1S/C21H22N3O2.Ni/c22-11-9-17(13-15-5-1-3-7-19(15)25)21(24)18(10-12-23)14-16-6-2-4-8-20(16)26;/h1-8,11-14,21-26H,9-10H2;/q-1;. The van der Waals surface area contributed by atoms with Crippen molar-refractivity contribution in [3.63, 3.8) is 0 Å². The van der Waals surface area contributed by atoms with Gasteiger partial charge in [-0.05, 0) is 24.6 Å². The van der Waals surface area contributed by atoms with Crippen LogP contribution in [0, 0.1) is 10.8 Å². The molecule has 0 spiro atoms. The third kappa shape index (κ3) is 6.20. The van der Waals surface area contributed by atoms with E-state index in [1.54, 1.807) is 60.7 Å². The topological polar surface area (TPSA) is 112 Å². The van der Waals surface area contributed by atoms with Crippen molar-refractivity contribution < 1.29 is 26.7 Å². The summed E-state index contributed by atoms with van der Waals surface area (Å²) in [5, 5.41) is 34.8. The quantitative estimate of drug-likeness (QED) is 0.362. The number of aromatic hydroxyl groups is 2. The molecule has 0 heterocycles. The molecule has 27 heavy (non-hydrogen) atoms. The molecule has 0 aliphatic heterocycles. The molecule has 2 rings (SSSR count). The molecule has 0 saturated carbocycles. The average Bonchev–Trinajstić information content (AvgIpc) is 2.64. The van der Waals surface area contributed by atoms with Gasteiger partial charge in [-0.1, -0.05) is 65.7 Å². The molecule has 0 atom stereocenters. The van der Waals surface area contributed by atoms with E-state index in [0.29, 0.717) is 22.3 Å². The van der Waals surface area contributed by atoms with Crippen LogP contribution in [0.1, 0.15) is 24.0 Å². The molecule has 0 bridgehead atoms. The molecule has 5 nitrogen and oxygen atoms in total. The van der Waals surface area contributed by atoms with E-state index in [4.69, 9.17) is 16.6 Å². The second-order valence-electron chi connectivity index (χ2n) is 5.81. The maximum atomic E-state index is 9.98. The van der Waals surface area contributed by atoms with E-state index in [0.717, 1.165) is 0 Å². The predicted molar refractivity (Wildman–Crippen MR) is 107 cm³/mol. The summed E-state index contributed by atoms with van der Waals surface area (Å²) in [7, 11) is 0. The van der Waals surface area contributed by atoms with E-state index in [1.807, 2.05) is 0 Å². The molecular formula is C21H22N3NiO2-. The van der Waals surface area contributed by atoms with Gasteiger partial charge >= 0.3 is 0 Å². The maximum Gasteiger partial charge on any atom is 0.122 e. The van der Waals surface area contributed by atoms with Crippen molar-refractivity contribution in [1.82, 2.24) is 0 Å². The summed E-state index contributed by atoms with van der Waals surface area (Å²) in [4.78, 5) is 0. The monoisotopic (exact) mass is 406 g/mol. The van der Waals surface area contributed by atoms with E-state index >= 15 is 0 Å². The summed E-state index contributed by atoms with van der Waals surface area (Å²) in [6.07, 6.45) is 6.38. The van der Waals surface area contributed by atoms with Crippen molar-refractivity contribution in [2.75, 3.05) is 0 Å². The fraction of sp³-hybridized carbons (Fsp3) is 0.143. The van der Waals surface area contributed by atoms with Crippen LogP contribution in [0.3, 0.4) is 0 Å². The van der Waals surface area contributed by atoms with Gasteiger partial charge in [0.15, 0.2) is 0 Å². The van der Waals surface area contributed by atoms with Gasteiger partial charge in [0, 0.05) is 40.5 Å². The normalized spacial score (nSPS) is 12.8. The molecule has 0 aromatic heterocycles. The van der Waals surface area contributed by atoms with Crippen LogP contribution in [0.4, 0.5) is 0 Å². The first-order chi connectivity index (χ1) is 12.6. The number of phenols is 2. The Morgan fingerprint density at radius 1 is 0.815 bits per heavy atom. The maximum absolute atomic E-state index is 9.98. The first kappa shape index (κ1) is 22.4. The Hall–Kier alpha value is -2.69. The minimum atomic E-state index is -0.794. The van der Waals surface area contributed by atoms with Gasteiger partial charge in [0.1, 0.15) is 11.5 Å². The zero-order valence-corrected chi connectivity index (χ0v) is 15.6. The van der Waals surface area contributed by atoms with Gasteiger partial charge in [0.05, 0.1) is 0 Å². The van der Waals surface area contributed by atoms with Gasteiger partial charge in [0.25, 0.3) is 0 Å². The van der Waals surface area contributed by atoms with Crippen LogP contribution in [0.15, 0.2) is 59.7 Å². The number of benzene rings is 2. The van der Waals surface area contributed by atoms with Crippen molar-refractivity contribution >= 4 is 24.6 Å². The van der Waals surface area contributed by atoms with Crippen LogP contribution < -0.4 is 0 Å². The molecule has 2 aromatic rings. The molecule has 5 N–H and O–H groups in total. The Morgan fingerprint density at radius 2 is 1.19 bits per heavy atom. The zero-order chi connectivity index (χ0) is 18.9. The van der Waals surface area contributed by atoms with Crippen molar-refractivity contribution in [2.24, 2.45) is 0 Å². The number of para-hydroxylation sites is 2. The van der Waals surface area contributed by atoms with Crippen molar-refractivity contribution in [3.8, 4) is 11.5 Å². The summed E-state index contributed by atoms with van der Waals surface area (Å²) in [5.41, 5.74) is 11.0. The van der Waals surface area contributed by atoms with Crippen LogP contribution in [0.2, 0.25) is 0 Å². The number of hydrogen-bond donors (Lipinski definition) is 4. The van der Waals surface area contributed by atoms with E-state index in [2.05, 4.69) is 0 Å². The number of phenolic OH excluding ortho intramolecular Hbond substituents is 2. The third-order valence-corrected chi connectivity index (χ3v) is 3.97. The first-order valence-corrected chi connectivity index (χ1v) is 8.22. The van der Waals surface area contributed by atoms with E-state index < -0.39 is 6.04 Å². The summed E-state index contributed by atoms with van der Waals surface area (Å²) in [6.45, 7) is 0. The molecule has 2 aromatic carbocycles. The Labute approximate surface area is 169 Å². The molecule has 0 unspecified atom stereocenters. The van der Waals surface area contributed by atoms with E-state index in [-0.39, 0.29) is 40.8 Å². The van der Waals surface area contributed by atoms with Gasteiger partial charge in [0.2, 0.25) is 0 Å². The zero-order valence-electron chi connectivity index (χ0n) is 14.6. The van der Waals surface area contributed by atoms with E-state index in [9.17, 15) is 10.2 Å². The largest absolute Gasteiger partial charge is 0.668 e. The summed E-state index contributed by atoms with van der Waals surface area (Å²) in [6, 6.07) is 12.9. The van der Waals surface area contributed by atoms with E-state index in [1.165, 1.54) is 12.4 Å². The SMILES string of the molecule is N=CCC(=Cc1ccccc1O)C([NH-])C(=Cc1ccccc1O)CC=N.[Ni]. The molecule has 0 fully saturated rings. The molecule has 0 radical (unpaired) electrons. The molecule has 6 heteroatoms. The van der Waals surface area contributed by atoms with Crippen LogP contribution in [0.5, 0.6) is 11.5 Å². The Morgan fingerprint density at radius 3 is 1.52 bits per heavy atom. The van der Waals surface area contributed by atoms with Gasteiger partial charge in [-0.2, -0.15) is 0 Å². The number of rotatable bonds is 8. The molecule has 144 valence electrons. The van der Waals surface area contributed by atoms with Gasteiger partial charge in [-0.15, -0.1) is 0 Å². The second-order valence-corrected chi connectivity index (χ2v) is 5.81. The molecule has 0 aliphatic carbocycles. The average molecular weight is 407 g/mol. The summed E-state index contributed by atoms with van der Waals surface area (Å²) >= 11 is 0. The van der Waals surface area contributed by atoms with Crippen molar-refractivity contribution in [2.45, 2.75) is 18.9 Å². The van der Waals surface area contributed by atoms with Crippen LogP contribution in [-0.2, 0) is 16.5 Å². The second kappa shape index (κ2) is 11.1. The Kier molecular flexibility index (Phi) is 9.20. The van der Waals surface area contributed by atoms with Gasteiger partial charge in [-0.3, -0.25) is 0 Å². The smallest absolute Gasteiger partial charge is 0.122 e. The summed E-state index contributed by atoms with van der Waals surface area (Å²) < 4.78 is 0. The molecule has 0 saturated heterocycles. The minimum absolute atomic E-state index is 0.